The molecule has 9 aromatic rings. The lowest BCUT2D eigenvalue weighted by Gasteiger charge is -2.49. The van der Waals surface area contributed by atoms with E-state index < -0.39 is 47.0 Å². The van der Waals surface area contributed by atoms with E-state index in [1.807, 2.05) is 146 Å². The van der Waals surface area contributed by atoms with Crippen molar-refractivity contribution in [3.63, 3.8) is 0 Å². The van der Waals surface area contributed by atoms with E-state index in [1.54, 1.807) is 48.9 Å². The van der Waals surface area contributed by atoms with Crippen LogP contribution in [-0.4, -0.2) is 76.1 Å². The average Bonchev–Trinajstić information content (AvgIpc) is 3.42. The number of amides is 2. The van der Waals surface area contributed by atoms with Crippen molar-refractivity contribution in [3.8, 4) is 11.6 Å². The zero-order valence-electron chi connectivity index (χ0n) is 44.2. The lowest BCUT2D eigenvalue weighted by molar-refractivity contribution is -0.153. The number of carbonyl (C=O) groups excluding carboxylic acids is 3. The number of thiazole rings is 1. The number of fused-ring (bicyclic) bond motifs is 1. The monoisotopic (exact) mass is 1130 g/mol. The molecule has 2 aliphatic heterocycles. The van der Waals surface area contributed by atoms with Crippen molar-refractivity contribution >= 4 is 57.8 Å². The fourth-order valence-corrected chi connectivity index (χ4v) is 12.1. The molecule has 0 bridgehead atoms. The molecule has 2 N–H and O–H groups in total. The van der Waals surface area contributed by atoms with Crippen LogP contribution >= 0.6 is 23.1 Å². The minimum Gasteiger partial charge on any atom is -0.497 e. The van der Waals surface area contributed by atoms with Gasteiger partial charge in [0.15, 0.2) is 16.6 Å². The van der Waals surface area contributed by atoms with Gasteiger partial charge < -0.3 is 34.2 Å². The van der Waals surface area contributed by atoms with Crippen LogP contribution in [0, 0.1) is 0 Å². The summed E-state index contributed by atoms with van der Waals surface area (Å²) in [6, 6.07) is 66.6. The van der Waals surface area contributed by atoms with Crippen molar-refractivity contribution < 1.29 is 42.3 Å². The Balaban J connectivity index is 0.973. The van der Waals surface area contributed by atoms with E-state index in [0.717, 1.165) is 33.4 Å². The Kier molecular flexibility index (Phi) is 16.5. The number of allylic oxidation sites excluding steroid dienone is 1. The number of alkyl halides is 1. The predicted octanol–water partition coefficient (Wildman–Crippen LogP) is 11.7. The van der Waals surface area contributed by atoms with Crippen LogP contribution in [0.4, 0.5) is 9.52 Å². The van der Waals surface area contributed by atoms with Crippen molar-refractivity contribution in [1.29, 1.82) is 0 Å². The van der Waals surface area contributed by atoms with Crippen molar-refractivity contribution in [2.75, 3.05) is 31.5 Å². The second-order valence-electron chi connectivity index (χ2n) is 18.9. The molecule has 4 heterocycles. The maximum absolute atomic E-state index is 15.4. The first-order valence-corrected chi connectivity index (χ1v) is 28.2. The number of hydrogen-bond donors (Lipinski definition) is 2. The van der Waals surface area contributed by atoms with Gasteiger partial charge in [0, 0.05) is 33.9 Å². The lowest BCUT2D eigenvalue weighted by Crippen LogP contribution is -2.71. The lowest BCUT2D eigenvalue weighted by atomic mass is 9.77. The van der Waals surface area contributed by atoms with Gasteiger partial charge in [-0.05, 0) is 51.2 Å². The summed E-state index contributed by atoms with van der Waals surface area (Å²) < 4.78 is 34.7. The molecular formula is C65H53FN6O8S2. The minimum absolute atomic E-state index is 0.0121. The van der Waals surface area contributed by atoms with Crippen LogP contribution in [-0.2, 0) is 41.7 Å². The van der Waals surface area contributed by atoms with Crippen LogP contribution in [0.15, 0.2) is 245 Å². The van der Waals surface area contributed by atoms with Gasteiger partial charge in [-0.3, -0.25) is 14.5 Å². The molecule has 0 spiro atoms. The molecule has 11 rings (SSSR count). The molecule has 17 heteroatoms. The van der Waals surface area contributed by atoms with Crippen LogP contribution in [0.3, 0.4) is 0 Å². The van der Waals surface area contributed by atoms with E-state index in [-0.39, 0.29) is 47.7 Å². The van der Waals surface area contributed by atoms with E-state index in [2.05, 4.69) is 52.2 Å². The number of thioether (sulfide) groups is 1. The van der Waals surface area contributed by atoms with Crippen molar-refractivity contribution in [2.24, 2.45) is 5.16 Å². The highest BCUT2D eigenvalue weighted by Crippen LogP contribution is 2.44. The van der Waals surface area contributed by atoms with Crippen LogP contribution in [0.2, 0.25) is 0 Å². The van der Waals surface area contributed by atoms with Gasteiger partial charge in [-0.1, -0.05) is 205 Å². The molecule has 2 aromatic heterocycles. The Bertz CT molecular complexity index is 3550. The number of β-lactam (4-membered cyclic amide) rings is 1. The Labute approximate surface area is 480 Å². The van der Waals surface area contributed by atoms with E-state index in [4.69, 9.17) is 33.7 Å². The number of hydrogen-bond acceptors (Lipinski definition) is 14. The number of esters is 1. The highest BCUT2D eigenvalue weighted by Gasteiger charge is 2.55. The molecular weight excluding hydrogens is 1080 g/mol. The van der Waals surface area contributed by atoms with Crippen LogP contribution in [0.1, 0.15) is 50.4 Å². The number of anilines is 1. The standard InChI is InChI=1S/C65H53FN6O8S2/c1-76-52-35-32-44(33-36-52)41-78-62(75)58-45(34-37-53-40-55(70-79-53)77-39-38-66)42-81-61-57(60(74)72(58)61)68-59(73)56(71-80-65(49-26-14-5-15-27-49,50-28-16-6-17-29-50)51-30-18-7-19-31-51)54-43-82-63(67-54)69-64(46-20-8-2-9-21-46,47-22-10-3-11-23-47)48-24-12-4-13-25-48/h2-37,40,43,57,61H,38-39,41-42H2,1H3,(H,67,69)(H,68,73)/b37-34-,71-56-/t57-,61-/m1/s1. The topological polar surface area (TPSA) is 167 Å². The second kappa shape index (κ2) is 24.8. The molecule has 410 valence electrons. The number of oxime groups is 1. The number of methoxy groups -OCH3 is 1. The van der Waals surface area contributed by atoms with Gasteiger partial charge in [0.05, 0.1) is 7.11 Å². The maximum atomic E-state index is 15.4. The van der Waals surface area contributed by atoms with Crippen molar-refractivity contribution in [2.45, 2.75) is 29.2 Å². The first-order valence-electron chi connectivity index (χ1n) is 26.2. The van der Waals surface area contributed by atoms with Gasteiger partial charge in [-0.15, -0.1) is 23.1 Å². The summed E-state index contributed by atoms with van der Waals surface area (Å²) in [7, 11) is 1.56. The third kappa shape index (κ3) is 11.2. The molecule has 2 aliphatic rings. The largest absolute Gasteiger partial charge is 0.497 e. The molecule has 1 fully saturated rings. The third-order valence-corrected chi connectivity index (χ3v) is 16.0. The summed E-state index contributed by atoms with van der Waals surface area (Å²) >= 11 is 2.62. The normalized spacial score (nSPS) is 15.3. The summed E-state index contributed by atoms with van der Waals surface area (Å²) in [5, 5.41) is 16.9. The van der Waals surface area contributed by atoms with Crippen LogP contribution in [0.25, 0.3) is 6.08 Å². The fourth-order valence-electron chi connectivity index (χ4n) is 10.0. The summed E-state index contributed by atoms with van der Waals surface area (Å²) in [5.41, 5.74) is 3.73. The third-order valence-electron chi connectivity index (χ3n) is 14.0. The Morgan fingerprint density at radius 2 is 1.28 bits per heavy atom. The number of nitrogens with zero attached hydrogens (tertiary/aromatic N) is 4. The van der Waals surface area contributed by atoms with E-state index in [9.17, 15) is 14.0 Å². The fraction of sp³-hybridized carbons (Fsp3) is 0.138. The van der Waals surface area contributed by atoms with Crippen LogP contribution < -0.4 is 20.1 Å². The molecule has 2 amide bonds. The van der Waals surface area contributed by atoms with Gasteiger partial charge in [-0.25, -0.2) is 14.2 Å². The molecule has 1 saturated heterocycles. The van der Waals surface area contributed by atoms with Gasteiger partial charge in [0.2, 0.25) is 5.60 Å². The predicted molar refractivity (Wildman–Crippen MR) is 314 cm³/mol. The zero-order chi connectivity index (χ0) is 56.3. The van der Waals surface area contributed by atoms with Gasteiger partial charge in [0.25, 0.3) is 17.7 Å². The zero-order valence-corrected chi connectivity index (χ0v) is 45.8. The van der Waals surface area contributed by atoms with E-state index in [1.165, 1.54) is 34.1 Å². The molecule has 82 heavy (non-hydrogen) atoms. The summed E-state index contributed by atoms with van der Waals surface area (Å²) in [6.07, 6.45) is 3.19. The highest BCUT2D eigenvalue weighted by molar-refractivity contribution is 8.00. The Morgan fingerprint density at radius 3 is 1.80 bits per heavy atom. The summed E-state index contributed by atoms with van der Waals surface area (Å²) in [4.78, 5) is 58.0. The summed E-state index contributed by atoms with van der Waals surface area (Å²) in [6.45, 7) is -1.01. The van der Waals surface area contributed by atoms with Gasteiger partial charge >= 0.3 is 5.97 Å². The molecule has 0 radical (unpaired) electrons. The molecule has 0 aliphatic carbocycles. The first-order chi connectivity index (χ1) is 40.3. The van der Waals surface area contributed by atoms with Crippen molar-refractivity contribution in [3.05, 3.63) is 285 Å². The second-order valence-corrected chi connectivity index (χ2v) is 20.9. The maximum Gasteiger partial charge on any atom is 0.355 e. The number of nitrogens with one attached hydrogen (secondary N) is 2. The van der Waals surface area contributed by atoms with Gasteiger partial charge in [0.1, 0.15) is 54.0 Å². The highest BCUT2D eigenvalue weighted by atomic mass is 32.2. The number of halogens is 1. The molecule has 0 unspecified atom stereocenters. The average molecular weight is 1130 g/mol. The minimum atomic E-state index is -1.40. The number of carbonyl (C=O) groups is 3. The number of rotatable bonds is 22. The van der Waals surface area contributed by atoms with Gasteiger partial charge in [-0.2, -0.15) is 0 Å². The Hall–Kier alpha value is -9.58. The quantitative estimate of drug-likeness (QED) is 0.0217. The number of ether oxygens (including phenoxy) is 3. The van der Waals surface area contributed by atoms with Crippen LogP contribution in [0.5, 0.6) is 11.6 Å². The smallest absolute Gasteiger partial charge is 0.355 e. The number of aromatic nitrogens is 2. The molecule has 7 aromatic carbocycles. The van der Waals surface area contributed by atoms with Crippen molar-refractivity contribution in [1.82, 2.24) is 20.4 Å². The SMILES string of the molecule is COc1ccc(COC(=O)C2=C(/C=C\c3cc(OCCF)no3)CS[C@@H]3[C@H](NC(=O)/C(=N\OC(c4ccccc4)(c4ccccc4)c4ccccc4)c4csc(NC(c5ccccc5)(c5ccccc5)c5ccccc5)n4)C(=O)N23)cc1. The first kappa shape index (κ1) is 54.4. The molecule has 2 atom stereocenters. The number of benzene rings is 7. The summed E-state index contributed by atoms with van der Waals surface area (Å²) in [5.74, 6) is -0.894. The molecule has 14 nitrogen and oxygen atoms in total. The molecule has 0 saturated carbocycles. The Morgan fingerprint density at radius 1 is 0.744 bits per heavy atom. The van der Waals surface area contributed by atoms with E-state index >= 15 is 4.79 Å². The van der Waals surface area contributed by atoms with E-state index in [0.29, 0.717) is 22.0 Å².